The van der Waals surface area contributed by atoms with Crippen molar-refractivity contribution in [1.82, 2.24) is 9.88 Å². The van der Waals surface area contributed by atoms with E-state index in [9.17, 15) is 9.59 Å². The monoisotopic (exact) mass is 380 g/mol. The molecule has 0 radical (unpaired) electrons. The number of hydrogen-bond acceptors (Lipinski definition) is 5. The lowest BCUT2D eigenvalue weighted by molar-refractivity contribution is 0.0303. The molecular weight excluding hydrogens is 356 g/mol. The van der Waals surface area contributed by atoms with Crippen LogP contribution in [0.15, 0.2) is 42.6 Å². The van der Waals surface area contributed by atoms with E-state index in [2.05, 4.69) is 15.2 Å². The number of morpholine rings is 1. The van der Waals surface area contributed by atoms with Crippen molar-refractivity contribution in [3.63, 3.8) is 0 Å². The lowest BCUT2D eigenvalue weighted by atomic mass is 10.1. The van der Waals surface area contributed by atoms with Gasteiger partial charge < -0.3 is 19.9 Å². The van der Waals surface area contributed by atoms with Gasteiger partial charge in [-0.3, -0.25) is 14.6 Å². The summed E-state index contributed by atoms with van der Waals surface area (Å²) in [6.45, 7) is 4.40. The van der Waals surface area contributed by atoms with E-state index in [1.54, 1.807) is 35.4 Å². The molecule has 0 unspecified atom stereocenters. The Morgan fingerprint density at radius 1 is 0.964 bits per heavy atom. The molecule has 2 amide bonds. The first kappa shape index (κ1) is 18.4. The summed E-state index contributed by atoms with van der Waals surface area (Å²) in [7, 11) is 0. The van der Waals surface area contributed by atoms with Crippen LogP contribution in [0.2, 0.25) is 0 Å². The summed E-state index contributed by atoms with van der Waals surface area (Å²) in [4.78, 5) is 33.3. The summed E-state index contributed by atoms with van der Waals surface area (Å²) in [6, 6.07) is 10.7. The highest BCUT2D eigenvalue weighted by molar-refractivity contribution is 6.03. The van der Waals surface area contributed by atoms with Gasteiger partial charge in [0, 0.05) is 49.3 Å². The van der Waals surface area contributed by atoms with E-state index in [4.69, 9.17) is 4.74 Å². The van der Waals surface area contributed by atoms with Crippen LogP contribution < -0.4 is 10.2 Å². The molecule has 0 saturated carbocycles. The van der Waals surface area contributed by atoms with Crippen LogP contribution in [-0.2, 0) is 4.74 Å². The van der Waals surface area contributed by atoms with E-state index in [0.717, 1.165) is 18.8 Å². The zero-order valence-electron chi connectivity index (χ0n) is 15.8. The van der Waals surface area contributed by atoms with Crippen LogP contribution in [0.25, 0.3) is 0 Å². The number of benzene rings is 1. The predicted octanol–water partition coefficient (Wildman–Crippen LogP) is 2.41. The molecule has 2 aliphatic rings. The molecule has 0 spiro atoms. The second-order valence-electron chi connectivity index (χ2n) is 7.03. The molecule has 1 aromatic carbocycles. The Morgan fingerprint density at radius 2 is 1.68 bits per heavy atom. The highest BCUT2D eigenvalue weighted by atomic mass is 16.5. The number of rotatable bonds is 4. The van der Waals surface area contributed by atoms with Gasteiger partial charge in [-0.2, -0.15) is 0 Å². The van der Waals surface area contributed by atoms with Crippen LogP contribution in [0.1, 0.15) is 33.7 Å². The standard InChI is InChI=1S/C21H24N4O3/c26-20(19-15-18(7-8-22-19)24-9-1-2-10-24)23-17-5-3-16(4-6-17)21(27)25-11-13-28-14-12-25/h3-8,15H,1-2,9-14H2,(H,23,26). The molecule has 2 saturated heterocycles. The molecule has 146 valence electrons. The van der Waals surface area contributed by atoms with Crippen molar-refractivity contribution < 1.29 is 14.3 Å². The van der Waals surface area contributed by atoms with Gasteiger partial charge in [0.1, 0.15) is 5.69 Å². The average Bonchev–Trinajstić information content (AvgIpc) is 3.29. The van der Waals surface area contributed by atoms with Gasteiger partial charge in [0.15, 0.2) is 0 Å². The zero-order chi connectivity index (χ0) is 19.3. The first-order chi connectivity index (χ1) is 13.7. The normalized spacial score (nSPS) is 16.9. The SMILES string of the molecule is O=C(Nc1ccc(C(=O)N2CCOCC2)cc1)c1cc(N2CCCC2)ccn1. The van der Waals surface area contributed by atoms with E-state index in [0.29, 0.717) is 43.2 Å². The van der Waals surface area contributed by atoms with Gasteiger partial charge in [-0.1, -0.05) is 0 Å². The number of carbonyl (C=O) groups is 2. The van der Waals surface area contributed by atoms with E-state index in [1.807, 2.05) is 12.1 Å². The van der Waals surface area contributed by atoms with Crippen molar-refractivity contribution in [3.05, 3.63) is 53.9 Å². The topological polar surface area (TPSA) is 74.8 Å². The maximum absolute atomic E-state index is 12.6. The average molecular weight is 380 g/mol. The van der Waals surface area contributed by atoms with Crippen molar-refractivity contribution >= 4 is 23.2 Å². The highest BCUT2D eigenvalue weighted by Crippen LogP contribution is 2.21. The Bertz CT molecular complexity index is 841. The fourth-order valence-corrected chi connectivity index (χ4v) is 3.56. The fourth-order valence-electron chi connectivity index (χ4n) is 3.56. The number of amides is 2. The fraction of sp³-hybridized carbons (Fsp3) is 0.381. The molecule has 2 aliphatic heterocycles. The summed E-state index contributed by atoms with van der Waals surface area (Å²) in [5.74, 6) is -0.269. The Morgan fingerprint density at radius 3 is 2.39 bits per heavy atom. The van der Waals surface area contributed by atoms with Crippen LogP contribution in [0, 0.1) is 0 Å². The first-order valence-corrected chi connectivity index (χ1v) is 9.70. The number of nitrogens with one attached hydrogen (secondary N) is 1. The lowest BCUT2D eigenvalue weighted by Crippen LogP contribution is -2.40. The smallest absolute Gasteiger partial charge is 0.274 e. The van der Waals surface area contributed by atoms with Crippen LogP contribution in [0.5, 0.6) is 0 Å². The molecular formula is C21H24N4O3. The van der Waals surface area contributed by atoms with Crippen LogP contribution in [-0.4, -0.2) is 61.1 Å². The molecule has 0 aliphatic carbocycles. The second kappa shape index (κ2) is 8.39. The van der Waals surface area contributed by atoms with Crippen molar-refractivity contribution in [2.45, 2.75) is 12.8 Å². The molecule has 3 heterocycles. The van der Waals surface area contributed by atoms with Crippen molar-refractivity contribution in [1.29, 1.82) is 0 Å². The zero-order valence-corrected chi connectivity index (χ0v) is 15.8. The van der Waals surface area contributed by atoms with Gasteiger partial charge in [0.05, 0.1) is 13.2 Å². The summed E-state index contributed by atoms with van der Waals surface area (Å²) >= 11 is 0. The largest absolute Gasteiger partial charge is 0.378 e. The van der Waals surface area contributed by atoms with E-state index >= 15 is 0 Å². The minimum absolute atomic E-state index is 0.0128. The lowest BCUT2D eigenvalue weighted by Gasteiger charge is -2.26. The Hall–Kier alpha value is -2.93. The van der Waals surface area contributed by atoms with Gasteiger partial charge in [-0.25, -0.2) is 0 Å². The minimum Gasteiger partial charge on any atom is -0.378 e. The Kier molecular flexibility index (Phi) is 5.53. The number of carbonyl (C=O) groups excluding carboxylic acids is 2. The van der Waals surface area contributed by atoms with E-state index < -0.39 is 0 Å². The number of nitrogens with zero attached hydrogens (tertiary/aromatic N) is 3. The number of pyridine rings is 1. The van der Waals surface area contributed by atoms with Gasteiger partial charge in [-0.15, -0.1) is 0 Å². The first-order valence-electron chi connectivity index (χ1n) is 9.70. The van der Waals surface area contributed by atoms with Crippen molar-refractivity contribution in [3.8, 4) is 0 Å². The molecule has 1 aromatic heterocycles. The van der Waals surface area contributed by atoms with Crippen molar-refractivity contribution in [2.75, 3.05) is 49.6 Å². The summed E-state index contributed by atoms with van der Waals surface area (Å²) in [6.07, 6.45) is 4.03. The van der Waals surface area contributed by atoms with Gasteiger partial charge in [0.25, 0.3) is 11.8 Å². The Balaban J connectivity index is 1.40. The van der Waals surface area contributed by atoms with Gasteiger partial charge in [-0.05, 0) is 49.2 Å². The predicted molar refractivity (Wildman–Crippen MR) is 107 cm³/mol. The highest BCUT2D eigenvalue weighted by Gasteiger charge is 2.19. The number of anilines is 2. The molecule has 7 nitrogen and oxygen atoms in total. The summed E-state index contributed by atoms with van der Waals surface area (Å²) < 4.78 is 5.28. The second-order valence-corrected chi connectivity index (χ2v) is 7.03. The Labute approximate surface area is 164 Å². The molecule has 2 aromatic rings. The molecule has 28 heavy (non-hydrogen) atoms. The van der Waals surface area contributed by atoms with Crippen LogP contribution in [0.3, 0.4) is 0 Å². The summed E-state index contributed by atoms with van der Waals surface area (Å²) in [5.41, 5.74) is 2.66. The minimum atomic E-state index is -0.256. The van der Waals surface area contributed by atoms with Gasteiger partial charge in [0.2, 0.25) is 0 Å². The molecule has 1 N–H and O–H groups in total. The van der Waals surface area contributed by atoms with Crippen molar-refractivity contribution in [2.24, 2.45) is 0 Å². The number of ether oxygens (including phenoxy) is 1. The van der Waals surface area contributed by atoms with Crippen LogP contribution in [0.4, 0.5) is 11.4 Å². The number of aromatic nitrogens is 1. The molecule has 4 rings (SSSR count). The van der Waals surface area contributed by atoms with E-state index in [-0.39, 0.29) is 11.8 Å². The molecule has 0 bridgehead atoms. The molecule has 7 heteroatoms. The third-order valence-electron chi connectivity index (χ3n) is 5.14. The molecule has 0 atom stereocenters. The molecule has 2 fully saturated rings. The third kappa shape index (κ3) is 4.14. The number of hydrogen-bond donors (Lipinski definition) is 1. The van der Waals surface area contributed by atoms with E-state index in [1.165, 1.54) is 12.8 Å². The quantitative estimate of drug-likeness (QED) is 0.882. The third-order valence-corrected chi connectivity index (χ3v) is 5.14. The maximum atomic E-state index is 12.6. The summed E-state index contributed by atoms with van der Waals surface area (Å²) in [5, 5.41) is 2.86. The maximum Gasteiger partial charge on any atom is 0.274 e. The van der Waals surface area contributed by atoms with Gasteiger partial charge >= 0.3 is 0 Å². The van der Waals surface area contributed by atoms with Crippen LogP contribution >= 0.6 is 0 Å².